The SMILES string of the molecule is Cc1cccc(-c2ccc3nc(-c4ccc([N+](=O)[O-])cc4)c(CN4CCN(C(=O)c5cccs5)CC4)n3c2)c1. The molecule has 3 aromatic heterocycles. The molecule has 0 aliphatic carbocycles. The van der Waals surface area contributed by atoms with E-state index in [0.717, 1.165) is 51.7 Å². The Kier molecular flexibility index (Phi) is 6.68. The van der Waals surface area contributed by atoms with Gasteiger partial charge in [0.25, 0.3) is 11.6 Å². The van der Waals surface area contributed by atoms with Crippen molar-refractivity contribution in [1.29, 1.82) is 0 Å². The number of amides is 1. The number of hydrogen-bond donors (Lipinski definition) is 0. The second kappa shape index (κ2) is 10.4. The Bertz CT molecular complexity index is 1650. The van der Waals surface area contributed by atoms with Crippen LogP contribution in [-0.2, 0) is 6.54 Å². The van der Waals surface area contributed by atoms with Crippen LogP contribution in [0.2, 0.25) is 0 Å². The third kappa shape index (κ3) is 5.06. The number of imidazole rings is 1. The standard InChI is InChI=1S/C30H27N5O3S/c1-21-4-2-5-23(18-21)24-9-12-28-31-29(22-7-10-25(11-8-22)35(37)38)26(34(28)19-24)20-32-13-15-33(16-14-32)30(36)27-6-3-17-39-27/h2-12,17-19H,13-16,20H2,1H3. The van der Waals surface area contributed by atoms with Crippen LogP contribution in [0.1, 0.15) is 20.9 Å². The summed E-state index contributed by atoms with van der Waals surface area (Å²) >= 11 is 1.47. The summed E-state index contributed by atoms with van der Waals surface area (Å²) in [6.45, 7) is 5.55. The molecule has 9 heteroatoms. The van der Waals surface area contributed by atoms with Crippen LogP contribution >= 0.6 is 11.3 Å². The van der Waals surface area contributed by atoms with E-state index in [9.17, 15) is 14.9 Å². The van der Waals surface area contributed by atoms with Crippen molar-refractivity contribution in [3.63, 3.8) is 0 Å². The zero-order chi connectivity index (χ0) is 26.9. The number of hydrogen-bond acceptors (Lipinski definition) is 6. The Balaban J connectivity index is 1.34. The molecule has 0 spiro atoms. The summed E-state index contributed by atoms with van der Waals surface area (Å²) in [5.41, 5.74) is 6.96. The van der Waals surface area contributed by atoms with E-state index in [1.54, 1.807) is 12.1 Å². The van der Waals surface area contributed by atoms with Gasteiger partial charge >= 0.3 is 0 Å². The van der Waals surface area contributed by atoms with E-state index < -0.39 is 0 Å². The number of rotatable bonds is 6. The summed E-state index contributed by atoms with van der Waals surface area (Å²) in [7, 11) is 0. The molecule has 4 heterocycles. The first-order valence-electron chi connectivity index (χ1n) is 12.8. The average Bonchev–Trinajstić information content (AvgIpc) is 3.62. The van der Waals surface area contributed by atoms with E-state index in [-0.39, 0.29) is 16.5 Å². The Morgan fingerprint density at radius 2 is 1.72 bits per heavy atom. The molecule has 0 radical (unpaired) electrons. The van der Waals surface area contributed by atoms with Crippen LogP contribution in [0.4, 0.5) is 5.69 Å². The number of nitro groups is 1. The van der Waals surface area contributed by atoms with E-state index in [1.165, 1.54) is 29.0 Å². The zero-order valence-electron chi connectivity index (χ0n) is 21.5. The van der Waals surface area contributed by atoms with Gasteiger partial charge in [-0.05, 0) is 53.8 Å². The Morgan fingerprint density at radius 3 is 2.41 bits per heavy atom. The maximum absolute atomic E-state index is 12.8. The lowest BCUT2D eigenvalue weighted by Crippen LogP contribution is -2.48. The van der Waals surface area contributed by atoms with E-state index in [2.05, 4.69) is 52.8 Å². The molecule has 0 saturated carbocycles. The molecule has 39 heavy (non-hydrogen) atoms. The molecule has 1 saturated heterocycles. The van der Waals surface area contributed by atoms with E-state index in [0.29, 0.717) is 19.6 Å². The lowest BCUT2D eigenvalue weighted by Gasteiger charge is -2.34. The Morgan fingerprint density at radius 1 is 0.949 bits per heavy atom. The van der Waals surface area contributed by atoms with Crippen molar-refractivity contribution in [2.45, 2.75) is 13.5 Å². The Hall–Kier alpha value is -4.34. The number of aromatic nitrogens is 2. The highest BCUT2D eigenvalue weighted by Gasteiger charge is 2.25. The van der Waals surface area contributed by atoms with Crippen molar-refractivity contribution in [1.82, 2.24) is 19.2 Å². The average molecular weight is 538 g/mol. The van der Waals surface area contributed by atoms with Gasteiger partial charge in [-0.3, -0.25) is 19.8 Å². The highest BCUT2D eigenvalue weighted by molar-refractivity contribution is 7.12. The first-order chi connectivity index (χ1) is 19.0. The number of carbonyl (C=O) groups is 1. The van der Waals surface area contributed by atoms with Gasteiger partial charge in [-0.25, -0.2) is 4.98 Å². The van der Waals surface area contributed by atoms with Gasteiger partial charge in [0.1, 0.15) is 5.65 Å². The lowest BCUT2D eigenvalue weighted by molar-refractivity contribution is -0.384. The fourth-order valence-corrected chi connectivity index (χ4v) is 5.78. The first kappa shape index (κ1) is 25.0. The quantitative estimate of drug-likeness (QED) is 0.199. The van der Waals surface area contributed by atoms with Gasteiger partial charge < -0.3 is 9.30 Å². The van der Waals surface area contributed by atoms with Crippen molar-refractivity contribution >= 4 is 28.6 Å². The molecule has 0 unspecified atom stereocenters. The molecular weight excluding hydrogens is 510 g/mol. The number of benzene rings is 2. The normalized spacial score (nSPS) is 14.1. The zero-order valence-corrected chi connectivity index (χ0v) is 22.3. The van der Waals surface area contributed by atoms with Gasteiger partial charge in [-0.2, -0.15) is 0 Å². The van der Waals surface area contributed by atoms with Gasteiger partial charge in [-0.1, -0.05) is 35.9 Å². The number of carbonyl (C=O) groups excluding carboxylic acids is 1. The first-order valence-corrected chi connectivity index (χ1v) is 13.7. The molecule has 2 aromatic carbocycles. The third-order valence-corrected chi connectivity index (χ3v) is 8.04. The van der Waals surface area contributed by atoms with Gasteiger partial charge in [0, 0.05) is 56.6 Å². The van der Waals surface area contributed by atoms with Gasteiger partial charge in [0.15, 0.2) is 0 Å². The summed E-state index contributed by atoms with van der Waals surface area (Å²) in [6.07, 6.45) is 2.12. The third-order valence-electron chi connectivity index (χ3n) is 7.19. The number of thiophene rings is 1. The van der Waals surface area contributed by atoms with Crippen molar-refractivity contribution in [2.75, 3.05) is 26.2 Å². The Labute approximate surface area is 229 Å². The number of aryl methyl sites for hydroxylation is 1. The van der Waals surface area contributed by atoms with E-state index in [1.807, 2.05) is 28.5 Å². The largest absolute Gasteiger partial charge is 0.335 e. The molecule has 0 N–H and O–H groups in total. The van der Waals surface area contributed by atoms with Crippen molar-refractivity contribution in [3.8, 4) is 22.4 Å². The van der Waals surface area contributed by atoms with Crippen LogP contribution in [-0.4, -0.2) is 56.2 Å². The van der Waals surface area contributed by atoms with Crippen LogP contribution in [0.25, 0.3) is 28.0 Å². The van der Waals surface area contributed by atoms with Crippen LogP contribution in [0, 0.1) is 17.0 Å². The predicted octanol–water partition coefficient (Wildman–Crippen LogP) is 5.90. The van der Waals surface area contributed by atoms with E-state index >= 15 is 0 Å². The highest BCUT2D eigenvalue weighted by Crippen LogP contribution is 2.30. The fourth-order valence-electron chi connectivity index (χ4n) is 5.09. The summed E-state index contributed by atoms with van der Waals surface area (Å²) in [4.78, 5) is 33.6. The fraction of sp³-hybridized carbons (Fsp3) is 0.200. The maximum atomic E-state index is 12.8. The van der Waals surface area contributed by atoms with Gasteiger partial charge in [0.2, 0.25) is 0 Å². The lowest BCUT2D eigenvalue weighted by atomic mass is 10.1. The minimum Gasteiger partial charge on any atom is -0.335 e. The molecule has 1 aliphatic heterocycles. The topological polar surface area (TPSA) is 84.0 Å². The van der Waals surface area contributed by atoms with Crippen molar-refractivity contribution in [3.05, 3.63) is 111 Å². The number of pyridine rings is 1. The monoisotopic (exact) mass is 537 g/mol. The molecule has 8 nitrogen and oxygen atoms in total. The minimum atomic E-state index is -0.389. The smallest absolute Gasteiger partial charge is 0.269 e. The van der Waals surface area contributed by atoms with Crippen molar-refractivity contribution < 1.29 is 9.72 Å². The maximum Gasteiger partial charge on any atom is 0.269 e. The van der Waals surface area contributed by atoms with Crippen LogP contribution in [0.15, 0.2) is 84.4 Å². The summed E-state index contributed by atoms with van der Waals surface area (Å²) in [5.74, 6) is 0.0915. The summed E-state index contributed by atoms with van der Waals surface area (Å²) in [5, 5.41) is 13.1. The van der Waals surface area contributed by atoms with Crippen molar-refractivity contribution in [2.24, 2.45) is 0 Å². The minimum absolute atomic E-state index is 0.0531. The highest BCUT2D eigenvalue weighted by atomic mass is 32.1. The number of non-ortho nitro benzene ring substituents is 1. The molecule has 6 rings (SSSR count). The molecule has 0 bridgehead atoms. The molecule has 196 valence electrons. The number of piperazine rings is 1. The number of fused-ring (bicyclic) bond motifs is 1. The molecule has 0 atom stereocenters. The summed E-state index contributed by atoms with van der Waals surface area (Å²) in [6, 6.07) is 22.9. The van der Waals surface area contributed by atoms with Gasteiger partial charge in [0.05, 0.1) is 21.2 Å². The second-order valence-corrected chi connectivity index (χ2v) is 10.7. The van der Waals surface area contributed by atoms with E-state index in [4.69, 9.17) is 4.98 Å². The van der Waals surface area contributed by atoms with Crippen LogP contribution in [0.5, 0.6) is 0 Å². The number of nitro benzene ring substituents is 1. The molecule has 1 fully saturated rings. The molecule has 1 amide bonds. The summed E-state index contributed by atoms with van der Waals surface area (Å²) < 4.78 is 2.14. The molecule has 1 aliphatic rings. The predicted molar refractivity (Wildman–Crippen MR) is 153 cm³/mol. The van der Waals surface area contributed by atoms with Gasteiger partial charge in [-0.15, -0.1) is 11.3 Å². The van der Waals surface area contributed by atoms with Crippen LogP contribution in [0.3, 0.4) is 0 Å². The second-order valence-electron chi connectivity index (χ2n) is 9.77. The number of nitrogens with zero attached hydrogens (tertiary/aromatic N) is 5. The molecule has 5 aromatic rings. The molecular formula is C30H27N5O3S. The van der Waals surface area contributed by atoms with Crippen LogP contribution < -0.4 is 0 Å².